The van der Waals surface area contributed by atoms with Gasteiger partial charge in [0.2, 0.25) is 5.88 Å². The molecule has 6 heteroatoms. The van der Waals surface area contributed by atoms with Crippen LogP contribution in [0.4, 0.5) is 0 Å². The Balaban J connectivity index is 1.56. The Bertz CT molecular complexity index is 669. The third kappa shape index (κ3) is 2.99. The Labute approximate surface area is 133 Å². The van der Waals surface area contributed by atoms with Gasteiger partial charge < -0.3 is 14.4 Å². The van der Waals surface area contributed by atoms with E-state index >= 15 is 0 Å². The topological polar surface area (TPSA) is 51.7 Å². The second-order valence-electron chi connectivity index (χ2n) is 4.97. The first-order valence-corrected chi connectivity index (χ1v) is 7.25. The van der Waals surface area contributed by atoms with Crippen LogP contribution in [0.1, 0.15) is 10.4 Å². The van der Waals surface area contributed by atoms with Crippen molar-refractivity contribution in [2.75, 3.05) is 20.2 Å². The minimum atomic E-state index is -0.0744. The van der Waals surface area contributed by atoms with Gasteiger partial charge in [-0.15, -0.1) is 0 Å². The molecule has 1 aromatic carbocycles. The standard InChI is InChI=1S/C16H15ClN2O3/c1-21-12-6-4-11(5-7-12)16(20)19-9-13(10-19)22-15-14(17)3-2-8-18-15/h2-8,13H,9-10H2,1H3. The molecule has 0 radical (unpaired) electrons. The molecule has 1 aliphatic rings. The van der Waals surface area contributed by atoms with Crippen molar-refractivity contribution in [1.82, 2.24) is 9.88 Å². The van der Waals surface area contributed by atoms with Gasteiger partial charge in [0, 0.05) is 11.8 Å². The normalized spacial score (nSPS) is 14.4. The lowest BCUT2D eigenvalue weighted by Gasteiger charge is -2.38. The van der Waals surface area contributed by atoms with E-state index in [1.54, 1.807) is 54.6 Å². The van der Waals surface area contributed by atoms with Gasteiger partial charge in [0.1, 0.15) is 16.9 Å². The average molecular weight is 319 g/mol. The van der Waals surface area contributed by atoms with Crippen molar-refractivity contribution in [2.45, 2.75) is 6.10 Å². The predicted molar refractivity (Wildman–Crippen MR) is 82.6 cm³/mol. The number of hydrogen-bond acceptors (Lipinski definition) is 4. The van der Waals surface area contributed by atoms with Crippen molar-refractivity contribution in [3.63, 3.8) is 0 Å². The average Bonchev–Trinajstić information content (AvgIpc) is 2.51. The maximum Gasteiger partial charge on any atom is 0.254 e. The van der Waals surface area contributed by atoms with Crippen LogP contribution in [-0.4, -0.2) is 42.1 Å². The van der Waals surface area contributed by atoms with Crippen LogP contribution in [0.5, 0.6) is 11.6 Å². The lowest BCUT2D eigenvalue weighted by atomic mass is 10.1. The number of carbonyl (C=O) groups is 1. The quantitative estimate of drug-likeness (QED) is 0.869. The summed E-state index contributed by atoms with van der Waals surface area (Å²) in [5.74, 6) is 1.12. The molecular weight excluding hydrogens is 304 g/mol. The molecular formula is C16H15ClN2O3. The van der Waals surface area contributed by atoms with Crippen molar-refractivity contribution in [2.24, 2.45) is 0 Å². The first kappa shape index (κ1) is 14.7. The Hall–Kier alpha value is -2.27. The lowest BCUT2D eigenvalue weighted by molar-refractivity contribution is 0.0160. The highest BCUT2D eigenvalue weighted by atomic mass is 35.5. The molecule has 5 nitrogen and oxygen atoms in total. The number of aromatic nitrogens is 1. The van der Waals surface area contributed by atoms with Gasteiger partial charge in [0.25, 0.3) is 5.91 Å². The summed E-state index contributed by atoms with van der Waals surface area (Å²) in [6, 6.07) is 10.5. The summed E-state index contributed by atoms with van der Waals surface area (Å²) in [4.78, 5) is 18.1. The number of halogens is 1. The number of rotatable bonds is 4. The second kappa shape index (κ2) is 6.23. The molecule has 1 aliphatic heterocycles. The van der Waals surface area contributed by atoms with Crippen molar-refractivity contribution in [3.05, 3.63) is 53.2 Å². The molecule has 0 saturated carbocycles. The summed E-state index contributed by atoms with van der Waals surface area (Å²) in [6.07, 6.45) is 1.55. The van der Waals surface area contributed by atoms with Crippen LogP contribution in [0.2, 0.25) is 5.02 Å². The van der Waals surface area contributed by atoms with Crippen LogP contribution in [-0.2, 0) is 0 Å². The van der Waals surface area contributed by atoms with E-state index in [2.05, 4.69) is 4.98 Å². The van der Waals surface area contributed by atoms with Crippen molar-refractivity contribution in [1.29, 1.82) is 0 Å². The number of hydrogen-bond donors (Lipinski definition) is 0. The minimum Gasteiger partial charge on any atom is -0.497 e. The van der Waals surface area contributed by atoms with Crippen LogP contribution in [0.3, 0.4) is 0 Å². The largest absolute Gasteiger partial charge is 0.497 e. The second-order valence-corrected chi connectivity index (χ2v) is 5.38. The highest BCUT2D eigenvalue weighted by molar-refractivity contribution is 6.31. The van der Waals surface area contributed by atoms with E-state index in [0.717, 1.165) is 5.75 Å². The number of pyridine rings is 1. The molecule has 114 valence electrons. The van der Waals surface area contributed by atoms with E-state index in [1.165, 1.54) is 0 Å². The third-order valence-electron chi connectivity index (χ3n) is 3.48. The molecule has 22 heavy (non-hydrogen) atoms. The Morgan fingerprint density at radius 1 is 1.27 bits per heavy atom. The number of ether oxygens (including phenoxy) is 2. The summed E-state index contributed by atoms with van der Waals surface area (Å²) in [5.41, 5.74) is 0.634. The van der Waals surface area contributed by atoms with Crippen LogP contribution in [0.25, 0.3) is 0 Å². The van der Waals surface area contributed by atoms with Crippen LogP contribution in [0, 0.1) is 0 Å². The molecule has 1 saturated heterocycles. The van der Waals surface area contributed by atoms with Crippen LogP contribution in [0.15, 0.2) is 42.6 Å². The van der Waals surface area contributed by atoms with Gasteiger partial charge >= 0.3 is 0 Å². The third-order valence-corrected chi connectivity index (χ3v) is 3.76. The van der Waals surface area contributed by atoms with E-state index in [9.17, 15) is 4.79 Å². The minimum absolute atomic E-state index is 0.0189. The lowest BCUT2D eigenvalue weighted by Crippen LogP contribution is -2.56. The van der Waals surface area contributed by atoms with Crippen molar-refractivity contribution in [3.8, 4) is 11.6 Å². The number of methoxy groups -OCH3 is 1. The number of benzene rings is 1. The molecule has 1 amide bonds. The summed E-state index contributed by atoms with van der Waals surface area (Å²) < 4.78 is 10.8. The van der Waals surface area contributed by atoms with Crippen molar-refractivity contribution >= 4 is 17.5 Å². The number of amides is 1. The molecule has 0 unspecified atom stereocenters. The Morgan fingerprint density at radius 2 is 2.00 bits per heavy atom. The SMILES string of the molecule is COc1ccc(C(=O)N2CC(Oc3ncccc3Cl)C2)cc1. The monoisotopic (exact) mass is 318 g/mol. The zero-order valence-electron chi connectivity index (χ0n) is 12.0. The summed E-state index contributed by atoms with van der Waals surface area (Å²) in [5, 5.41) is 0.474. The Morgan fingerprint density at radius 3 is 2.64 bits per heavy atom. The van der Waals surface area contributed by atoms with Gasteiger partial charge in [-0.3, -0.25) is 4.79 Å². The van der Waals surface area contributed by atoms with Gasteiger partial charge in [-0.1, -0.05) is 11.6 Å². The summed E-state index contributed by atoms with van der Waals surface area (Å²) in [6.45, 7) is 1.05. The van der Waals surface area contributed by atoms with Crippen LogP contribution < -0.4 is 9.47 Å². The Kier molecular flexibility index (Phi) is 4.15. The van der Waals surface area contributed by atoms with E-state index in [4.69, 9.17) is 21.1 Å². The van der Waals surface area contributed by atoms with E-state index in [0.29, 0.717) is 29.6 Å². The molecule has 0 spiro atoms. The highest BCUT2D eigenvalue weighted by Crippen LogP contribution is 2.24. The molecule has 2 aromatic rings. The first-order valence-electron chi connectivity index (χ1n) is 6.88. The summed E-state index contributed by atoms with van der Waals surface area (Å²) in [7, 11) is 1.59. The molecule has 1 fully saturated rings. The molecule has 2 heterocycles. The fourth-order valence-electron chi connectivity index (χ4n) is 2.21. The first-order chi connectivity index (χ1) is 10.7. The molecule has 0 bridgehead atoms. The maximum absolute atomic E-state index is 12.3. The molecule has 3 rings (SSSR count). The van der Waals surface area contributed by atoms with Gasteiger partial charge in [-0.05, 0) is 36.4 Å². The number of carbonyl (C=O) groups excluding carboxylic acids is 1. The number of nitrogens with zero attached hydrogens (tertiary/aromatic N) is 2. The van der Waals surface area contributed by atoms with Gasteiger partial charge in [0.15, 0.2) is 0 Å². The van der Waals surface area contributed by atoms with E-state index in [-0.39, 0.29) is 12.0 Å². The van der Waals surface area contributed by atoms with Crippen molar-refractivity contribution < 1.29 is 14.3 Å². The predicted octanol–water partition coefficient (Wildman–Crippen LogP) is 2.65. The van der Waals surface area contributed by atoms with E-state index < -0.39 is 0 Å². The summed E-state index contributed by atoms with van der Waals surface area (Å²) >= 11 is 5.99. The van der Waals surface area contributed by atoms with Gasteiger partial charge in [-0.25, -0.2) is 4.98 Å². The highest BCUT2D eigenvalue weighted by Gasteiger charge is 2.33. The maximum atomic E-state index is 12.3. The molecule has 0 aliphatic carbocycles. The molecule has 0 atom stereocenters. The van der Waals surface area contributed by atoms with Gasteiger partial charge in [-0.2, -0.15) is 0 Å². The van der Waals surface area contributed by atoms with Crippen LogP contribution >= 0.6 is 11.6 Å². The fraction of sp³-hybridized carbons (Fsp3) is 0.250. The van der Waals surface area contributed by atoms with Gasteiger partial charge in [0.05, 0.1) is 20.2 Å². The number of likely N-dealkylation sites (tertiary alicyclic amines) is 1. The van der Waals surface area contributed by atoms with E-state index in [1.807, 2.05) is 0 Å². The molecule has 0 N–H and O–H groups in total. The smallest absolute Gasteiger partial charge is 0.254 e. The zero-order valence-corrected chi connectivity index (χ0v) is 12.8. The molecule has 1 aromatic heterocycles. The zero-order chi connectivity index (χ0) is 15.5. The fourth-order valence-corrected chi connectivity index (χ4v) is 2.38.